The van der Waals surface area contributed by atoms with Gasteiger partial charge >= 0.3 is 0 Å². The summed E-state index contributed by atoms with van der Waals surface area (Å²) in [6, 6.07) is 57.7. The zero-order chi connectivity index (χ0) is 35.0. The van der Waals surface area contributed by atoms with Crippen molar-refractivity contribution in [2.45, 2.75) is 0 Å². The highest BCUT2D eigenvalue weighted by atomic mass is 15.0. The summed E-state index contributed by atoms with van der Waals surface area (Å²) in [6.07, 6.45) is 1.88. The van der Waals surface area contributed by atoms with Gasteiger partial charge < -0.3 is 4.57 Å². The van der Waals surface area contributed by atoms with Crippen molar-refractivity contribution < 1.29 is 0 Å². The van der Waals surface area contributed by atoms with Crippen LogP contribution in [0.25, 0.3) is 109 Å². The third-order valence-electron chi connectivity index (χ3n) is 10.8. The van der Waals surface area contributed by atoms with Crippen LogP contribution in [0.15, 0.2) is 170 Å². The lowest BCUT2D eigenvalue weighted by atomic mass is 9.85. The summed E-state index contributed by atoms with van der Waals surface area (Å²) in [4.78, 5) is 14.2. The van der Waals surface area contributed by atoms with Crippen LogP contribution in [0.1, 0.15) is 0 Å². The van der Waals surface area contributed by atoms with Gasteiger partial charge in [0, 0.05) is 44.4 Å². The summed E-state index contributed by atoms with van der Waals surface area (Å²) in [5, 5.41) is 11.2. The molecule has 8 aromatic carbocycles. The van der Waals surface area contributed by atoms with Gasteiger partial charge in [0.2, 0.25) is 0 Å². The highest BCUT2D eigenvalue weighted by molar-refractivity contribution is 6.27. The van der Waals surface area contributed by atoms with Crippen LogP contribution < -0.4 is 0 Å². The molecule has 4 heteroatoms. The maximum absolute atomic E-state index is 7.79. The standard InChI is InChI=1S/C49H28N4/c1-50-32-23-26-44-41(29-32)40-28-31(22-25-43(40)53(44)33-13-3-2-4-14-33)45-34-15-5-7-17-36(34)46(37-18-8-6-16-35(37)45)49-39-24-21-30-12-11-27-51-48(30)47(39)38-19-9-10-20-42(38)52-49/h2-29H. The molecular weight excluding hydrogens is 645 g/mol. The van der Waals surface area contributed by atoms with Crippen molar-refractivity contribution in [3.05, 3.63) is 181 Å². The van der Waals surface area contributed by atoms with Gasteiger partial charge in [0.05, 0.1) is 34.3 Å². The zero-order valence-corrected chi connectivity index (χ0v) is 28.5. The largest absolute Gasteiger partial charge is 0.309 e. The predicted molar refractivity (Wildman–Crippen MR) is 221 cm³/mol. The van der Waals surface area contributed by atoms with Gasteiger partial charge in [-0.1, -0.05) is 115 Å². The van der Waals surface area contributed by atoms with Gasteiger partial charge in [-0.2, -0.15) is 0 Å². The minimum atomic E-state index is 0.633. The van der Waals surface area contributed by atoms with E-state index in [1.54, 1.807) is 0 Å². The monoisotopic (exact) mass is 672 g/mol. The molecule has 3 aromatic heterocycles. The summed E-state index contributed by atoms with van der Waals surface area (Å²) < 4.78 is 2.30. The van der Waals surface area contributed by atoms with Crippen LogP contribution >= 0.6 is 0 Å². The molecule has 0 bridgehead atoms. The molecule has 11 aromatic rings. The molecule has 0 atom stereocenters. The molecule has 53 heavy (non-hydrogen) atoms. The van der Waals surface area contributed by atoms with Gasteiger partial charge in [-0.05, 0) is 86.6 Å². The predicted octanol–water partition coefficient (Wildman–Crippen LogP) is 13.2. The second kappa shape index (κ2) is 11.3. The first-order valence-corrected chi connectivity index (χ1v) is 17.8. The van der Waals surface area contributed by atoms with Crippen molar-refractivity contribution in [2.24, 2.45) is 0 Å². The second-order valence-electron chi connectivity index (χ2n) is 13.6. The molecular formula is C49H28N4. The van der Waals surface area contributed by atoms with Crippen molar-refractivity contribution >= 4 is 81.6 Å². The Kier molecular flexibility index (Phi) is 6.28. The lowest BCUT2D eigenvalue weighted by Crippen LogP contribution is -1.96. The Hall–Kier alpha value is -7.35. The van der Waals surface area contributed by atoms with Gasteiger partial charge in [-0.25, -0.2) is 9.83 Å². The summed E-state index contributed by atoms with van der Waals surface area (Å²) >= 11 is 0. The van der Waals surface area contributed by atoms with E-state index >= 15 is 0 Å². The van der Waals surface area contributed by atoms with E-state index in [-0.39, 0.29) is 0 Å². The van der Waals surface area contributed by atoms with E-state index < -0.39 is 0 Å². The fourth-order valence-corrected chi connectivity index (χ4v) is 8.55. The Morgan fingerprint density at radius 3 is 1.87 bits per heavy atom. The second-order valence-corrected chi connectivity index (χ2v) is 13.6. The number of pyridine rings is 2. The van der Waals surface area contributed by atoms with E-state index in [4.69, 9.17) is 16.5 Å². The number of nitrogens with zero attached hydrogens (tertiary/aromatic N) is 4. The van der Waals surface area contributed by atoms with Crippen LogP contribution in [0.4, 0.5) is 5.69 Å². The molecule has 0 saturated carbocycles. The number of para-hydroxylation sites is 2. The van der Waals surface area contributed by atoms with Crippen molar-refractivity contribution in [2.75, 3.05) is 0 Å². The van der Waals surface area contributed by atoms with E-state index in [2.05, 4.69) is 149 Å². The van der Waals surface area contributed by atoms with Crippen LogP contribution in [-0.2, 0) is 0 Å². The molecule has 0 amide bonds. The molecule has 11 rings (SSSR count). The molecule has 0 aliphatic heterocycles. The lowest BCUT2D eigenvalue weighted by Gasteiger charge is -2.19. The normalized spacial score (nSPS) is 11.8. The molecule has 0 N–H and O–H groups in total. The molecule has 0 radical (unpaired) electrons. The summed E-state index contributed by atoms with van der Waals surface area (Å²) in [7, 11) is 0. The molecule has 3 heterocycles. The lowest BCUT2D eigenvalue weighted by molar-refractivity contribution is 1.18. The van der Waals surface area contributed by atoms with Crippen molar-refractivity contribution in [1.82, 2.24) is 14.5 Å². The van der Waals surface area contributed by atoms with Crippen molar-refractivity contribution in [3.8, 4) is 28.1 Å². The smallest absolute Gasteiger partial charge is 0.188 e. The Morgan fingerprint density at radius 1 is 0.491 bits per heavy atom. The Morgan fingerprint density at radius 2 is 1.13 bits per heavy atom. The quantitative estimate of drug-likeness (QED) is 0.106. The first kappa shape index (κ1) is 29.4. The molecule has 0 aliphatic carbocycles. The number of hydrogen-bond acceptors (Lipinski definition) is 2. The highest BCUT2D eigenvalue weighted by Crippen LogP contribution is 2.47. The van der Waals surface area contributed by atoms with Crippen LogP contribution in [0.3, 0.4) is 0 Å². The van der Waals surface area contributed by atoms with E-state index in [1.165, 1.54) is 5.56 Å². The van der Waals surface area contributed by atoms with E-state index in [0.29, 0.717) is 5.69 Å². The number of rotatable bonds is 3. The molecule has 0 saturated heterocycles. The number of fused-ring (bicyclic) bond motifs is 10. The van der Waals surface area contributed by atoms with Gasteiger partial charge in [0.1, 0.15) is 0 Å². The minimum absolute atomic E-state index is 0.633. The molecule has 0 unspecified atom stereocenters. The van der Waals surface area contributed by atoms with E-state index in [1.807, 2.05) is 30.5 Å². The van der Waals surface area contributed by atoms with Crippen LogP contribution in [0, 0.1) is 6.57 Å². The SMILES string of the molecule is [C-]#[N+]c1ccc2c(c1)c1cc(-c3c4ccccc4c(-c4nc5ccccc5c5c4ccc4cccnc45)c4ccccc34)ccc1n2-c1ccccc1. The fourth-order valence-electron chi connectivity index (χ4n) is 8.55. The minimum Gasteiger partial charge on any atom is -0.309 e. The summed E-state index contributed by atoms with van der Waals surface area (Å²) in [5.74, 6) is 0. The van der Waals surface area contributed by atoms with E-state index in [9.17, 15) is 0 Å². The molecule has 244 valence electrons. The Labute approximate surface area is 304 Å². The maximum Gasteiger partial charge on any atom is 0.188 e. The molecule has 4 nitrogen and oxygen atoms in total. The maximum atomic E-state index is 7.79. The molecule has 0 spiro atoms. The fraction of sp³-hybridized carbons (Fsp3) is 0. The average molecular weight is 673 g/mol. The van der Waals surface area contributed by atoms with Gasteiger partial charge in [0.15, 0.2) is 5.69 Å². The highest BCUT2D eigenvalue weighted by Gasteiger charge is 2.22. The average Bonchev–Trinajstić information content (AvgIpc) is 3.55. The third kappa shape index (κ3) is 4.29. The zero-order valence-electron chi connectivity index (χ0n) is 28.5. The summed E-state index contributed by atoms with van der Waals surface area (Å²) in [6.45, 7) is 7.79. The van der Waals surface area contributed by atoms with Crippen LogP contribution in [0.2, 0.25) is 0 Å². The third-order valence-corrected chi connectivity index (χ3v) is 10.8. The van der Waals surface area contributed by atoms with Crippen LogP contribution in [0.5, 0.6) is 0 Å². The first-order valence-electron chi connectivity index (χ1n) is 17.8. The number of hydrogen-bond donors (Lipinski definition) is 0. The van der Waals surface area contributed by atoms with Crippen LogP contribution in [-0.4, -0.2) is 14.5 Å². The number of benzene rings is 8. The molecule has 0 aliphatic rings. The van der Waals surface area contributed by atoms with Gasteiger partial charge in [-0.15, -0.1) is 0 Å². The van der Waals surface area contributed by atoms with Crippen molar-refractivity contribution in [1.29, 1.82) is 0 Å². The van der Waals surface area contributed by atoms with Crippen molar-refractivity contribution in [3.63, 3.8) is 0 Å². The summed E-state index contributed by atoms with van der Waals surface area (Å²) in [5.41, 5.74) is 10.2. The Bertz CT molecular complexity index is 3280. The first-order chi connectivity index (χ1) is 26.3. The Balaban J connectivity index is 1.25. The topological polar surface area (TPSA) is 35.1 Å². The number of aromatic nitrogens is 3. The molecule has 0 fully saturated rings. The van der Waals surface area contributed by atoms with Gasteiger partial charge in [-0.3, -0.25) is 4.98 Å². The van der Waals surface area contributed by atoms with Gasteiger partial charge in [0.25, 0.3) is 0 Å². The van der Waals surface area contributed by atoms with E-state index in [0.717, 1.165) is 98.4 Å².